The summed E-state index contributed by atoms with van der Waals surface area (Å²) >= 11 is 11.9. The minimum atomic E-state index is -0.513. The second-order valence-corrected chi connectivity index (χ2v) is 9.36. The number of hydrogen-bond acceptors (Lipinski definition) is 5. The fourth-order valence-corrected chi connectivity index (χ4v) is 4.74. The first-order valence-corrected chi connectivity index (χ1v) is 12.9. The topological polar surface area (TPSA) is 59.1 Å². The number of carbonyl (C=O) groups is 2. The van der Waals surface area contributed by atoms with Gasteiger partial charge in [-0.05, 0) is 66.3 Å². The van der Waals surface area contributed by atoms with E-state index in [1.54, 1.807) is 54.6 Å². The van der Waals surface area contributed by atoms with E-state index in [0.29, 0.717) is 33.5 Å². The van der Waals surface area contributed by atoms with E-state index in [-0.39, 0.29) is 17.3 Å². The van der Waals surface area contributed by atoms with Crippen molar-refractivity contribution in [1.82, 2.24) is 0 Å². The molecule has 1 saturated heterocycles. The summed E-state index contributed by atoms with van der Waals surface area (Å²) in [5, 5.41) is 0.691. The molecule has 6 nitrogen and oxygen atoms in total. The van der Waals surface area contributed by atoms with Crippen molar-refractivity contribution in [3.63, 3.8) is 0 Å². The average molecular weight is 555 g/mol. The molecule has 1 aliphatic rings. The molecule has 1 aliphatic heterocycles. The first-order valence-electron chi connectivity index (χ1n) is 12.1. The Morgan fingerprint density at radius 1 is 0.769 bits per heavy atom. The highest BCUT2D eigenvalue weighted by molar-refractivity contribution is 7.81. The van der Waals surface area contributed by atoms with E-state index in [4.69, 9.17) is 33.3 Å². The van der Waals surface area contributed by atoms with Crippen molar-refractivity contribution >= 4 is 58.2 Å². The SMILES string of the molecule is COc1cc(C=C2C(=O)N(c3ccccc3)C(=S)N(c3ccccc3)C2=O)ccc1OCc1ccccc1Cl. The lowest BCUT2D eigenvalue weighted by molar-refractivity contribution is -0.120. The predicted octanol–water partition coefficient (Wildman–Crippen LogP) is 6.68. The van der Waals surface area contributed by atoms with Gasteiger partial charge < -0.3 is 9.47 Å². The lowest BCUT2D eigenvalue weighted by Crippen LogP contribution is -2.56. The number of thiocarbonyl (C=S) groups is 1. The molecular formula is C31H23ClN2O4S. The van der Waals surface area contributed by atoms with Crippen LogP contribution in [-0.2, 0) is 16.2 Å². The highest BCUT2D eigenvalue weighted by Gasteiger charge is 2.41. The summed E-state index contributed by atoms with van der Waals surface area (Å²) in [7, 11) is 1.53. The first kappa shape index (κ1) is 26.2. The van der Waals surface area contributed by atoms with E-state index in [9.17, 15) is 9.59 Å². The van der Waals surface area contributed by atoms with Crippen LogP contribution in [0, 0.1) is 0 Å². The molecule has 194 valence electrons. The third-order valence-corrected chi connectivity index (χ3v) is 6.85. The van der Waals surface area contributed by atoms with Gasteiger partial charge in [-0.3, -0.25) is 19.4 Å². The number of anilines is 2. The predicted molar refractivity (Wildman–Crippen MR) is 157 cm³/mol. The Kier molecular flexibility index (Phi) is 7.72. The van der Waals surface area contributed by atoms with Gasteiger partial charge in [-0.25, -0.2) is 0 Å². The van der Waals surface area contributed by atoms with Crippen molar-refractivity contribution in [2.24, 2.45) is 0 Å². The maximum absolute atomic E-state index is 13.7. The smallest absolute Gasteiger partial charge is 0.270 e. The maximum atomic E-state index is 13.7. The summed E-state index contributed by atoms with van der Waals surface area (Å²) in [5.41, 5.74) is 2.51. The van der Waals surface area contributed by atoms with Crippen LogP contribution in [0.3, 0.4) is 0 Å². The van der Waals surface area contributed by atoms with Crippen molar-refractivity contribution < 1.29 is 19.1 Å². The monoisotopic (exact) mass is 554 g/mol. The van der Waals surface area contributed by atoms with Gasteiger partial charge in [0.05, 0.1) is 18.5 Å². The fraction of sp³-hybridized carbons (Fsp3) is 0.0645. The number of ether oxygens (including phenoxy) is 2. The van der Waals surface area contributed by atoms with E-state index in [1.807, 2.05) is 54.6 Å². The van der Waals surface area contributed by atoms with Crippen LogP contribution in [-0.4, -0.2) is 24.0 Å². The number of para-hydroxylation sites is 2. The van der Waals surface area contributed by atoms with Gasteiger partial charge in [0.1, 0.15) is 12.2 Å². The molecule has 0 radical (unpaired) electrons. The maximum Gasteiger partial charge on any atom is 0.270 e. The van der Waals surface area contributed by atoms with Gasteiger partial charge in [0.2, 0.25) is 0 Å². The zero-order chi connectivity index (χ0) is 27.4. The van der Waals surface area contributed by atoms with Crippen LogP contribution < -0.4 is 19.3 Å². The number of rotatable bonds is 7. The fourth-order valence-electron chi connectivity index (χ4n) is 4.17. The molecule has 0 aliphatic carbocycles. The number of benzene rings is 4. The second kappa shape index (κ2) is 11.5. The van der Waals surface area contributed by atoms with Crippen molar-refractivity contribution in [2.45, 2.75) is 6.61 Å². The largest absolute Gasteiger partial charge is 0.493 e. The van der Waals surface area contributed by atoms with E-state index in [1.165, 1.54) is 16.9 Å². The Morgan fingerprint density at radius 2 is 1.33 bits per heavy atom. The molecular weight excluding hydrogens is 532 g/mol. The van der Waals surface area contributed by atoms with E-state index in [2.05, 4.69) is 0 Å². The highest BCUT2D eigenvalue weighted by Crippen LogP contribution is 2.33. The number of carbonyl (C=O) groups excluding carboxylic acids is 2. The van der Waals surface area contributed by atoms with Crippen molar-refractivity contribution in [3.05, 3.63) is 125 Å². The number of halogens is 1. The van der Waals surface area contributed by atoms with Crippen molar-refractivity contribution in [3.8, 4) is 11.5 Å². The molecule has 1 fully saturated rings. The molecule has 39 heavy (non-hydrogen) atoms. The zero-order valence-corrected chi connectivity index (χ0v) is 22.5. The van der Waals surface area contributed by atoms with Crippen LogP contribution >= 0.6 is 23.8 Å². The molecule has 0 spiro atoms. The molecule has 4 aromatic rings. The lowest BCUT2D eigenvalue weighted by Gasteiger charge is -2.36. The third-order valence-electron chi connectivity index (χ3n) is 6.12. The van der Waals surface area contributed by atoms with Gasteiger partial charge in [-0.15, -0.1) is 0 Å². The minimum Gasteiger partial charge on any atom is -0.493 e. The van der Waals surface area contributed by atoms with Crippen LogP contribution in [0.2, 0.25) is 5.02 Å². The summed E-state index contributed by atoms with van der Waals surface area (Å²) in [6, 6.07) is 30.6. The van der Waals surface area contributed by atoms with Gasteiger partial charge in [0.15, 0.2) is 16.6 Å². The first-order chi connectivity index (χ1) is 19.0. The van der Waals surface area contributed by atoms with Crippen LogP contribution in [0.4, 0.5) is 11.4 Å². The van der Waals surface area contributed by atoms with Gasteiger partial charge >= 0.3 is 0 Å². The summed E-state index contributed by atoms with van der Waals surface area (Å²) in [4.78, 5) is 30.1. The van der Waals surface area contributed by atoms with Gasteiger partial charge in [0, 0.05) is 10.6 Å². The third kappa shape index (κ3) is 5.41. The molecule has 0 saturated carbocycles. The lowest BCUT2D eigenvalue weighted by atomic mass is 10.0. The Bertz CT molecular complexity index is 1510. The van der Waals surface area contributed by atoms with Crippen molar-refractivity contribution in [1.29, 1.82) is 0 Å². The molecule has 2 amide bonds. The number of amides is 2. The quantitative estimate of drug-likeness (QED) is 0.145. The van der Waals surface area contributed by atoms with Crippen LogP contribution in [0.15, 0.2) is 109 Å². The molecule has 0 aromatic heterocycles. The zero-order valence-electron chi connectivity index (χ0n) is 20.9. The second-order valence-electron chi connectivity index (χ2n) is 8.58. The van der Waals surface area contributed by atoms with Crippen molar-refractivity contribution in [2.75, 3.05) is 16.9 Å². The Morgan fingerprint density at radius 3 is 1.90 bits per heavy atom. The molecule has 0 N–H and O–H groups in total. The number of nitrogens with zero attached hydrogens (tertiary/aromatic N) is 2. The molecule has 1 heterocycles. The van der Waals surface area contributed by atoms with E-state index < -0.39 is 11.8 Å². The summed E-state index contributed by atoms with van der Waals surface area (Å²) in [6.07, 6.45) is 1.54. The van der Waals surface area contributed by atoms with E-state index >= 15 is 0 Å². The van der Waals surface area contributed by atoms with Crippen LogP contribution in [0.5, 0.6) is 11.5 Å². The Balaban J connectivity index is 1.51. The number of hydrogen-bond donors (Lipinski definition) is 0. The summed E-state index contributed by atoms with van der Waals surface area (Å²) in [6.45, 7) is 0.253. The van der Waals surface area contributed by atoms with Gasteiger partial charge in [-0.1, -0.05) is 72.3 Å². The molecule has 5 rings (SSSR count). The molecule has 0 unspecified atom stereocenters. The normalized spacial score (nSPS) is 13.5. The van der Waals surface area contributed by atoms with E-state index in [0.717, 1.165) is 5.56 Å². The van der Waals surface area contributed by atoms with Gasteiger partial charge in [-0.2, -0.15) is 0 Å². The number of methoxy groups -OCH3 is 1. The standard InChI is InChI=1S/C31H23ClN2O4S/c1-37-28-19-21(16-17-27(28)38-20-22-10-8-9-15-26(22)32)18-25-29(35)33(23-11-4-2-5-12-23)31(39)34(30(25)36)24-13-6-3-7-14-24/h2-19H,20H2,1H3. The Hall–Kier alpha value is -4.46. The average Bonchev–Trinajstić information content (AvgIpc) is 2.96. The summed E-state index contributed by atoms with van der Waals surface area (Å²) in [5.74, 6) is -0.0795. The van der Waals surface area contributed by atoms with Crippen LogP contribution in [0.25, 0.3) is 6.08 Å². The minimum absolute atomic E-state index is 0.0388. The molecule has 0 atom stereocenters. The highest BCUT2D eigenvalue weighted by atomic mass is 35.5. The van der Waals surface area contributed by atoms with Gasteiger partial charge in [0.25, 0.3) is 11.8 Å². The Labute approximate surface area is 236 Å². The van der Waals surface area contributed by atoms with Crippen LogP contribution in [0.1, 0.15) is 11.1 Å². The summed E-state index contributed by atoms with van der Waals surface area (Å²) < 4.78 is 11.5. The molecule has 0 bridgehead atoms. The molecule has 4 aromatic carbocycles. The molecule has 8 heteroatoms.